The van der Waals surface area contributed by atoms with Gasteiger partial charge in [-0.1, -0.05) is 12.1 Å². The van der Waals surface area contributed by atoms with Crippen LogP contribution in [0.5, 0.6) is 5.75 Å². The van der Waals surface area contributed by atoms with Crippen LogP contribution in [-0.2, 0) is 4.79 Å². The molecule has 5 heteroatoms. The molecule has 1 aliphatic heterocycles. The van der Waals surface area contributed by atoms with E-state index >= 15 is 0 Å². The third-order valence-electron chi connectivity index (χ3n) is 5.97. The highest BCUT2D eigenvalue weighted by molar-refractivity contribution is 5.85. The van der Waals surface area contributed by atoms with Gasteiger partial charge >= 0.3 is 0 Å². The zero-order chi connectivity index (χ0) is 15.9. The molecule has 3 aliphatic rings. The number of amides is 1. The van der Waals surface area contributed by atoms with Crippen LogP contribution in [0.15, 0.2) is 24.3 Å². The van der Waals surface area contributed by atoms with Gasteiger partial charge in [-0.15, -0.1) is 12.4 Å². The number of nitrogens with one attached hydrogen (secondary N) is 2. The summed E-state index contributed by atoms with van der Waals surface area (Å²) in [5.41, 5.74) is 1.52. The summed E-state index contributed by atoms with van der Waals surface area (Å²) in [4.78, 5) is 12.8. The monoisotopic (exact) mass is 350 g/mol. The van der Waals surface area contributed by atoms with Crippen LogP contribution in [0.4, 0.5) is 0 Å². The molecular formula is C19H27ClN2O2. The number of hydrogen-bond acceptors (Lipinski definition) is 3. The summed E-state index contributed by atoms with van der Waals surface area (Å²) >= 11 is 0. The molecule has 1 aromatic rings. The first-order chi connectivity index (χ1) is 11.2. The van der Waals surface area contributed by atoms with E-state index in [0.29, 0.717) is 11.3 Å². The second-order valence-corrected chi connectivity index (χ2v) is 7.47. The Morgan fingerprint density at radius 3 is 2.50 bits per heavy atom. The minimum atomic E-state index is 0. The number of halogens is 1. The molecule has 132 valence electrons. The fourth-order valence-electron chi connectivity index (χ4n) is 4.16. The van der Waals surface area contributed by atoms with E-state index in [0.717, 1.165) is 38.1 Å². The van der Waals surface area contributed by atoms with Gasteiger partial charge in [-0.3, -0.25) is 4.79 Å². The second kappa shape index (κ2) is 6.93. The van der Waals surface area contributed by atoms with Gasteiger partial charge in [0.05, 0.1) is 13.2 Å². The van der Waals surface area contributed by atoms with E-state index in [1.54, 1.807) is 7.11 Å². The molecule has 2 atom stereocenters. The number of benzene rings is 1. The molecule has 1 heterocycles. The summed E-state index contributed by atoms with van der Waals surface area (Å²) in [5.74, 6) is 1.99. The maximum Gasteiger partial charge on any atom is 0.224 e. The van der Waals surface area contributed by atoms with Crippen molar-refractivity contribution in [1.29, 1.82) is 0 Å². The highest BCUT2D eigenvalue weighted by Gasteiger charge is 2.58. The summed E-state index contributed by atoms with van der Waals surface area (Å²) in [6.07, 6.45) is 5.83. The van der Waals surface area contributed by atoms with Crippen molar-refractivity contribution in [3.63, 3.8) is 0 Å². The predicted molar refractivity (Wildman–Crippen MR) is 96.5 cm³/mol. The van der Waals surface area contributed by atoms with E-state index in [2.05, 4.69) is 22.8 Å². The standard InChI is InChI=1S/C19H26N2O2.ClH/c1-23-15-6-4-14(5-7-15)17(13-2-3-13)21-18(22)16-12-19(16)8-10-20-11-9-19;/h4-7,13,16-17,20H,2-3,8-12H2,1H3,(H,21,22);1H. The normalized spacial score (nSPS) is 25.5. The van der Waals surface area contributed by atoms with Crippen LogP contribution in [0.1, 0.15) is 43.7 Å². The molecule has 4 rings (SSSR count). The molecule has 24 heavy (non-hydrogen) atoms. The van der Waals surface area contributed by atoms with Gasteiger partial charge in [0.15, 0.2) is 0 Å². The zero-order valence-electron chi connectivity index (χ0n) is 14.2. The minimum absolute atomic E-state index is 0. The first kappa shape index (κ1) is 17.6. The Kier molecular flexibility index (Phi) is 5.07. The Balaban J connectivity index is 0.00000169. The maximum absolute atomic E-state index is 12.8. The maximum atomic E-state index is 12.8. The fourth-order valence-corrected chi connectivity index (χ4v) is 4.16. The highest BCUT2D eigenvalue weighted by Crippen LogP contribution is 2.59. The SMILES string of the molecule is COc1ccc(C(NC(=O)C2CC23CCNCC3)C2CC2)cc1.Cl. The molecule has 2 saturated carbocycles. The Labute approximate surface area is 150 Å². The zero-order valence-corrected chi connectivity index (χ0v) is 15.0. The molecule has 2 N–H and O–H groups in total. The van der Waals surface area contributed by atoms with Gasteiger partial charge in [-0.2, -0.15) is 0 Å². The first-order valence-corrected chi connectivity index (χ1v) is 8.87. The Bertz CT molecular complexity index is 580. The number of rotatable bonds is 5. The number of ether oxygens (including phenoxy) is 1. The highest BCUT2D eigenvalue weighted by atomic mass is 35.5. The van der Waals surface area contributed by atoms with E-state index < -0.39 is 0 Å². The van der Waals surface area contributed by atoms with E-state index in [4.69, 9.17) is 4.74 Å². The van der Waals surface area contributed by atoms with Crippen molar-refractivity contribution in [1.82, 2.24) is 10.6 Å². The lowest BCUT2D eigenvalue weighted by molar-refractivity contribution is -0.124. The molecule has 1 aromatic carbocycles. The first-order valence-electron chi connectivity index (χ1n) is 8.87. The van der Waals surface area contributed by atoms with Gasteiger partial charge < -0.3 is 15.4 Å². The Hall–Kier alpha value is -1.26. The van der Waals surface area contributed by atoms with Gasteiger partial charge in [0, 0.05) is 5.92 Å². The van der Waals surface area contributed by atoms with Crippen LogP contribution < -0.4 is 15.4 Å². The van der Waals surface area contributed by atoms with Gasteiger partial charge in [-0.05, 0) is 74.2 Å². The average molecular weight is 351 g/mol. The number of piperidine rings is 1. The molecule has 1 amide bonds. The smallest absolute Gasteiger partial charge is 0.224 e. The fraction of sp³-hybridized carbons (Fsp3) is 0.632. The lowest BCUT2D eigenvalue weighted by Crippen LogP contribution is -2.35. The van der Waals surface area contributed by atoms with Gasteiger partial charge in [-0.25, -0.2) is 0 Å². The second-order valence-electron chi connectivity index (χ2n) is 7.47. The molecule has 2 aliphatic carbocycles. The van der Waals surface area contributed by atoms with E-state index in [1.807, 2.05) is 12.1 Å². The summed E-state index contributed by atoms with van der Waals surface area (Å²) in [6, 6.07) is 8.34. The summed E-state index contributed by atoms with van der Waals surface area (Å²) in [6.45, 7) is 2.13. The van der Waals surface area contributed by atoms with E-state index in [9.17, 15) is 4.79 Å². The Morgan fingerprint density at radius 1 is 1.25 bits per heavy atom. The lowest BCUT2D eigenvalue weighted by atomic mass is 9.91. The number of hydrogen-bond donors (Lipinski definition) is 2. The average Bonchev–Trinajstić information content (AvgIpc) is 3.50. The van der Waals surface area contributed by atoms with Crippen LogP contribution in [0.2, 0.25) is 0 Å². The minimum Gasteiger partial charge on any atom is -0.497 e. The lowest BCUT2D eigenvalue weighted by Gasteiger charge is -2.24. The van der Waals surface area contributed by atoms with Crippen molar-refractivity contribution in [3.8, 4) is 5.75 Å². The summed E-state index contributed by atoms with van der Waals surface area (Å²) in [7, 11) is 1.68. The van der Waals surface area contributed by atoms with Gasteiger partial charge in [0.25, 0.3) is 0 Å². The van der Waals surface area contributed by atoms with Crippen molar-refractivity contribution in [2.24, 2.45) is 17.3 Å². The number of carbonyl (C=O) groups is 1. The molecule has 0 bridgehead atoms. The van der Waals surface area contributed by atoms with E-state index in [-0.39, 0.29) is 30.3 Å². The molecular weight excluding hydrogens is 324 g/mol. The largest absolute Gasteiger partial charge is 0.497 e. The van der Waals surface area contributed by atoms with Gasteiger partial charge in [0.1, 0.15) is 5.75 Å². The van der Waals surface area contributed by atoms with Crippen molar-refractivity contribution in [2.75, 3.05) is 20.2 Å². The molecule has 4 nitrogen and oxygen atoms in total. The topological polar surface area (TPSA) is 50.4 Å². The predicted octanol–water partition coefficient (Wildman–Crippen LogP) is 3.07. The molecule has 3 fully saturated rings. The third kappa shape index (κ3) is 3.40. The number of carbonyl (C=O) groups excluding carboxylic acids is 1. The van der Waals surface area contributed by atoms with Crippen LogP contribution in [0.3, 0.4) is 0 Å². The Morgan fingerprint density at radius 2 is 1.92 bits per heavy atom. The summed E-state index contributed by atoms with van der Waals surface area (Å²) in [5, 5.41) is 6.77. The molecule has 2 unspecified atom stereocenters. The van der Waals surface area contributed by atoms with Crippen LogP contribution >= 0.6 is 12.4 Å². The van der Waals surface area contributed by atoms with Gasteiger partial charge in [0.2, 0.25) is 5.91 Å². The van der Waals surface area contributed by atoms with Crippen molar-refractivity contribution < 1.29 is 9.53 Å². The van der Waals surface area contributed by atoms with Crippen molar-refractivity contribution in [2.45, 2.75) is 38.1 Å². The van der Waals surface area contributed by atoms with Crippen LogP contribution in [0, 0.1) is 17.3 Å². The molecule has 0 aromatic heterocycles. The van der Waals surface area contributed by atoms with Crippen molar-refractivity contribution in [3.05, 3.63) is 29.8 Å². The van der Waals surface area contributed by atoms with Crippen LogP contribution in [-0.4, -0.2) is 26.1 Å². The molecule has 1 saturated heterocycles. The van der Waals surface area contributed by atoms with Crippen LogP contribution in [0.25, 0.3) is 0 Å². The molecule has 1 spiro atoms. The quantitative estimate of drug-likeness (QED) is 0.858. The van der Waals surface area contributed by atoms with E-state index in [1.165, 1.54) is 18.4 Å². The number of methoxy groups -OCH3 is 1. The molecule has 0 radical (unpaired) electrons. The summed E-state index contributed by atoms with van der Waals surface area (Å²) < 4.78 is 5.24. The third-order valence-corrected chi connectivity index (χ3v) is 5.97. The van der Waals surface area contributed by atoms with Crippen molar-refractivity contribution >= 4 is 18.3 Å².